The second-order valence-corrected chi connectivity index (χ2v) is 7.38. The molecule has 0 radical (unpaired) electrons. The average molecular weight is 397 g/mol. The summed E-state index contributed by atoms with van der Waals surface area (Å²) in [6.07, 6.45) is 0. The standard InChI is InChI=1S/C20H17ClN4OS/c1-13(14-6-8-15(21)9-7-14)23-19(26)10-25-18-5-3-2-4-16(18)24-20(25)17-11-27-12-22-17/h2-9,11-13H,10H2,1H3,(H,23,26). The van der Waals surface area contributed by atoms with Crippen LogP contribution in [0.15, 0.2) is 59.4 Å². The molecular formula is C20H17ClN4OS. The molecule has 2 heterocycles. The van der Waals surface area contributed by atoms with Gasteiger partial charge in [0.15, 0.2) is 5.82 Å². The van der Waals surface area contributed by atoms with Gasteiger partial charge in [0.1, 0.15) is 12.2 Å². The molecule has 136 valence electrons. The van der Waals surface area contributed by atoms with Crippen LogP contribution in [0.2, 0.25) is 5.02 Å². The molecule has 0 saturated carbocycles. The number of nitrogens with one attached hydrogen (secondary N) is 1. The van der Waals surface area contributed by atoms with Gasteiger partial charge in [0.05, 0.1) is 22.6 Å². The Morgan fingerprint density at radius 2 is 2.00 bits per heavy atom. The van der Waals surface area contributed by atoms with Gasteiger partial charge in [-0.3, -0.25) is 4.79 Å². The Morgan fingerprint density at radius 3 is 2.74 bits per heavy atom. The summed E-state index contributed by atoms with van der Waals surface area (Å²) in [6.45, 7) is 2.12. The third-order valence-corrected chi connectivity index (χ3v) is 5.20. The number of nitrogens with zero attached hydrogens (tertiary/aromatic N) is 3. The van der Waals surface area contributed by atoms with Crippen LogP contribution in [0, 0.1) is 0 Å². The zero-order valence-corrected chi connectivity index (χ0v) is 16.2. The van der Waals surface area contributed by atoms with Crippen molar-refractivity contribution in [3.05, 3.63) is 70.0 Å². The lowest BCUT2D eigenvalue weighted by Crippen LogP contribution is -2.30. The first-order valence-corrected chi connectivity index (χ1v) is 9.82. The molecule has 0 bridgehead atoms. The molecule has 2 aromatic carbocycles. The zero-order chi connectivity index (χ0) is 18.8. The molecule has 0 spiro atoms. The number of para-hydroxylation sites is 2. The number of halogens is 1. The van der Waals surface area contributed by atoms with E-state index in [2.05, 4.69) is 15.3 Å². The van der Waals surface area contributed by atoms with Gasteiger partial charge in [-0.05, 0) is 36.8 Å². The van der Waals surface area contributed by atoms with Crippen LogP contribution < -0.4 is 5.32 Å². The van der Waals surface area contributed by atoms with Crippen molar-refractivity contribution in [1.29, 1.82) is 0 Å². The van der Waals surface area contributed by atoms with Crippen molar-refractivity contribution in [3.8, 4) is 11.5 Å². The van der Waals surface area contributed by atoms with E-state index in [1.54, 1.807) is 5.51 Å². The van der Waals surface area contributed by atoms with Crippen molar-refractivity contribution < 1.29 is 4.79 Å². The lowest BCUT2D eigenvalue weighted by molar-refractivity contribution is -0.122. The van der Waals surface area contributed by atoms with Crippen LogP contribution in [-0.2, 0) is 11.3 Å². The van der Waals surface area contributed by atoms with E-state index in [1.807, 2.05) is 65.4 Å². The SMILES string of the molecule is CC(NC(=O)Cn1c(-c2cscn2)nc2ccccc21)c1ccc(Cl)cc1. The summed E-state index contributed by atoms with van der Waals surface area (Å²) in [5.74, 6) is 0.615. The fourth-order valence-electron chi connectivity index (χ4n) is 3.02. The van der Waals surface area contributed by atoms with Crippen molar-refractivity contribution in [2.75, 3.05) is 0 Å². The van der Waals surface area contributed by atoms with Crippen LogP contribution >= 0.6 is 22.9 Å². The molecule has 5 nitrogen and oxygen atoms in total. The van der Waals surface area contributed by atoms with Gasteiger partial charge in [0.25, 0.3) is 0 Å². The second-order valence-electron chi connectivity index (χ2n) is 6.22. The lowest BCUT2D eigenvalue weighted by atomic mass is 10.1. The number of carbonyl (C=O) groups is 1. The first-order valence-electron chi connectivity index (χ1n) is 8.50. The fraction of sp³-hybridized carbons (Fsp3) is 0.150. The quantitative estimate of drug-likeness (QED) is 0.532. The number of amides is 1. The van der Waals surface area contributed by atoms with Crippen molar-refractivity contribution in [3.63, 3.8) is 0 Å². The number of fused-ring (bicyclic) bond motifs is 1. The second kappa shape index (κ2) is 7.50. The summed E-state index contributed by atoms with van der Waals surface area (Å²) in [5.41, 5.74) is 5.30. The summed E-state index contributed by atoms with van der Waals surface area (Å²) in [4.78, 5) is 21.7. The number of rotatable bonds is 5. The van der Waals surface area contributed by atoms with Crippen LogP contribution in [0.25, 0.3) is 22.6 Å². The Labute approximate surface area is 165 Å². The smallest absolute Gasteiger partial charge is 0.240 e. The van der Waals surface area contributed by atoms with E-state index in [0.717, 1.165) is 22.3 Å². The zero-order valence-electron chi connectivity index (χ0n) is 14.6. The van der Waals surface area contributed by atoms with Crippen LogP contribution in [0.4, 0.5) is 0 Å². The normalized spacial score (nSPS) is 12.2. The van der Waals surface area contributed by atoms with Gasteiger partial charge < -0.3 is 9.88 Å². The summed E-state index contributed by atoms with van der Waals surface area (Å²) in [6, 6.07) is 15.2. The van der Waals surface area contributed by atoms with E-state index < -0.39 is 0 Å². The van der Waals surface area contributed by atoms with E-state index in [0.29, 0.717) is 10.8 Å². The predicted molar refractivity (Wildman–Crippen MR) is 109 cm³/mol. The summed E-state index contributed by atoms with van der Waals surface area (Å²) < 4.78 is 1.91. The Kier molecular flexibility index (Phi) is 4.92. The van der Waals surface area contributed by atoms with E-state index in [-0.39, 0.29) is 18.5 Å². The minimum atomic E-state index is -0.118. The first kappa shape index (κ1) is 17.7. The number of carbonyl (C=O) groups excluding carboxylic acids is 1. The third-order valence-electron chi connectivity index (χ3n) is 4.37. The van der Waals surface area contributed by atoms with Crippen LogP contribution in [-0.4, -0.2) is 20.4 Å². The maximum absolute atomic E-state index is 12.7. The lowest BCUT2D eigenvalue weighted by Gasteiger charge is -2.15. The molecule has 0 aliphatic heterocycles. The van der Waals surface area contributed by atoms with Crippen LogP contribution in [0.1, 0.15) is 18.5 Å². The molecule has 0 saturated heterocycles. The number of hydrogen-bond acceptors (Lipinski definition) is 4. The molecule has 1 atom stereocenters. The molecule has 2 aromatic heterocycles. The molecule has 0 aliphatic rings. The molecule has 1 N–H and O–H groups in total. The van der Waals surface area contributed by atoms with E-state index in [9.17, 15) is 4.79 Å². The highest BCUT2D eigenvalue weighted by Crippen LogP contribution is 2.25. The molecule has 0 aliphatic carbocycles. The number of hydrogen-bond donors (Lipinski definition) is 1. The monoisotopic (exact) mass is 396 g/mol. The van der Waals surface area contributed by atoms with Crippen LogP contribution in [0.3, 0.4) is 0 Å². The summed E-state index contributed by atoms with van der Waals surface area (Å²) in [5, 5.41) is 5.66. The molecule has 4 aromatic rings. The molecule has 1 unspecified atom stereocenters. The van der Waals surface area contributed by atoms with E-state index >= 15 is 0 Å². The Morgan fingerprint density at radius 1 is 1.22 bits per heavy atom. The van der Waals surface area contributed by atoms with Crippen molar-refractivity contribution in [1.82, 2.24) is 19.9 Å². The highest BCUT2D eigenvalue weighted by Gasteiger charge is 2.17. The highest BCUT2D eigenvalue weighted by atomic mass is 35.5. The topological polar surface area (TPSA) is 59.8 Å². The van der Waals surface area contributed by atoms with Crippen LogP contribution in [0.5, 0.6) is 0 Å². The maximum Gasteiger partial charge on any atom is 0.240 e. The van der Waals surface area contributed by atoms with Crippen molar-refractivity contribution >= 4 is 39.9 Å². The summed E-state index contributed by atoms with van der Waals surface area (Å²) in [7, 11) is 0. The first-order chi connectivity index (χ1) is 13.1. The number of benzene rings is 2. The molecule has 4 rings (SSSR count). The van der Waals surface area contributed by atoms with Gasteiger partial charge in [0.2, 0.25) is 5.91 Å². The number of aromatic nitrogens is 3. The highest BCUT2D eigenvalue weighted by molar-refractivity contribution is 7.07. The molecule has 1 amide bonds. The molecule has 7 heteroatoms. The van der Waals surface area contributed by atoms with Gasteiger partial charge in [-0.15, -0.1) is 11.3 Å². The Hall–Kier alpha value is -2.70. The van der Waals surface area contributed by atoms with Gasteiger partial charge in [-0.2, -0.15) is 0 Å². The Bertz CT molecular complexity index is 1070. The van der Waals surface area contributed by atoms with Gasteiger partial charge in [-0.25, -0.2) is 9.97 Å². The maximum atomic E-state index is 12.7. The van der Waals surface area contributed by atoms with Crippen molar-refractivity contribution in [2.24, 2.45) is 0 Å². The number of thiazole rings is 1. The van der Waals surface area contributed by atoms with Gasteiger partial charge in [0, 0.05) is 10.4 Å². The van der Waals surface area contributed by atoms with E-state index in [4.69, 9.17) is 11.6 Å². The average Bonchev–Trinajstić information content (AvgIpc) is 3.30. The minimum Gasteiger partial charge on any atom is -0.348 e. The predicted octanol–water partition coefficient (Wildman–Crippen LogP) is 4.69. The summed E-state index contributed by atoms with van der Waals surface area (Å²) >= 11 is 7.44. The minimum absolute atomic E-state index is 0.0860. The number of imidazole rings is 1. The van der Waals surface area contributed by atoms with E-state index in [1.165, 1.54) is 11.3 Å². The molecule has 0 fully saturated rings. The largest absolute Gasteiger partial charge is 0.348 e. The molecular weight excluding hydrogens is 380 g/mol. The van der Waals surface area contributed by atoms with Crippen molar-refractivity contribution in [2.45, 2.75) is 19.5 Å². The third kappa shape index (κ3) is 3.72. The van der Waals surface area contributed by atoms with Gasteiger partial charge >= 0.3 is 0 Å². The van der Waals surface area contributed by atoms with Gasteiger partial charge in [-0.1, -0.05) is 35.9 Å². The molecule has 27 heavy (non-hydrogen) atoms. The Balaban J connectivity index is 1.60. The fourth-order valence-corrected chi connectivity index (χ4v) is 3.68.